The largest absolute Gasteiger partial charge is 0.479 e. The first-order chi connectivity index (χ1) is 10.1. The Bertz CT molecular complexity index is 714. The standard InChI is InChI=1S/C16H20N2O4/c1-15(2,3)22-14(21)16(17,13(19)20)8-10-9-18-12-7-5-4-6-11(10)12/h4-7,9,18H,8,17H2,1-3H3,(H,19,20). The van der Waals surface area contributed by atoms with E-state index in [9.17, 15) is 14.7 Å². The van der Waals surface area contributed by atoms with Crippen molar-refractivity contribution in [1.29, 1.82) is 0 Å². The predicted octanol–water partition coefficient (Wildman–Crippen LogP) is 1.83. The van der Waals surface area contributed by atoms with Gasteiger partial charge < -0.3 is 20.6 Å². The SMILES string of the molecule is CC(C)(C)OC(=O)C(N)(Cc1c[nH]c2ccccc12)C(=O)O. The second-order valence-electron chi connectivity index (χ2n) is 6.31. The van der Waals surface area contributed by atoms with Gasteiger partial charge in [-0.3, -0.25) is 0 Å². The van der Waals surface area contributed by atoms with Gasteiger partial charge in [-0.1, -0.05) is 18.2 Å². The van der Waals surface area contributed by atoms with Crippen LogP contribution in [0.5, 0.6) is 0 Å². The number of carboxylic acid groups (broad SMARTS) is 1. The van der Waals surface area contributed by atoms with Crippen molar-refractivity contribution in [3.8, 4) is 0 Å². The summed E-state index contributed by atoms with van der Waals surface area (Å²) < 4.78 is 5.17. The molecule has 6 heteroatoms. The minimum atomic E-state index is -2.13. The van der Waals surface area contributed by atoms with Crippen molar-refractivity contribution in [2.75, 3.05) is 0 Å². The van der Waals surface area contributed by atoms with E-state index >= 15 is 0 Å². The molecule has 0 aliphatic carbocycles. The van der Waals surface area contributed by atoms with Crippen molar-refractivity contribution < 1.29 is 19.4 Å². The topological polar surface area (TPSA) is 105 Å². The summed E-state index contributed by atoms with van der Waals surface area (Å²) in [7, 11) is 0. The minimum Gasteiger partial charge on any atom is -0.479 e. The smallest absolute Gasteiger partial charge is 0.338 e. The van der Waals surface area contributed by atoms with Crippen LogP contribution in [0.1, 0.15) is 26.3 Å². The summed E-state index contributed by atoms with van der Waals surface area (Å²) in [6, 6.07) is 7.42. The van der Waals surface area contributed by atoms with Crippen molar-refractivity contribution in [1.82, 2.24) is 4.98 Å². The third kappa shape index (κ3) is 3.12. The van der Waals surface area contributed by atoms with Crippen LogP contribution in [0.2, 0.25) is 0 Å². The Hall–Kier alpha value is -2.34. The first-order valence-corrected chi connectivity index (χ1v) is 6.94. The van der Waals surface area contributed by atoms with Gasteiger partial charge in [0, 0.05) is 23.5 Å². The van der Waals surface area contributed by atoms with E-state index in [0.717, 1.165) is 10.9 Å². The number of hydrogen-bond donors (Lipinski definition) is 3. The number of nitrogens with two attached hydrogens (primary N) is 1. The molecule has 0 bridgehead atoms. The highest BCUT2D eigenvalue weighted by atomic mass is 16.6. The highest BCUT2D eigenvalue weighted by Gasteiger charge is 2.46. The van der Waals surface area contributed by atoms with Gasteiger partial charge in [-0.2, -0.15) is 0 Å². The molecule has 0 saturated heterocycles. The molecule has 1 aromatic heterocycles. The summed E-state index contributed by atoms with van der Waals surface area (Å²) in [5.74, 6) is -2.36. The Morgan fingerprint density at radius 3 is 2.50 bits per heavy atom. The fourth-order valence-electron chi connectivity index (χ4n) is 2.18. The lowest BCUT2D eigenvalue weighted by Crippen LogP contribution is -2.58. The van der Waals surface area contributed by atoms with Crippen molar-refractivity contribution in [3.63, 3.8) is 0 Å². The number of aromatic amines is 1. The molecule has 0 fully saturated rings. The van der Waals surface area contributed by atoms with Crippen LogP contribution in [0.3, 0.4) is 0 Å². The molecule has 2 aromatic rings. The summed E-state index contributed by atoms with van der Waals surface area (Å²) >= 11 is 0. The van der Waals surface area contributed by atoms with Crippen LogP contribution < -0.4 is 5.73 Å². The zero-order valence-corrected chi connectivity index (χ0v) is 12.8. The number of carbonyl (C=O) groups excluding carboxylic acids is 1. The van der Waals surface area contributed by atoms with Crippen LogP contribution in [0, 0.1) is 0 Å². The lowest BCUT2D eigenvalue weighted by Gasteiger charge is -2.28. The number of H-pyrrole nitrogens is 1. The van der Waals surface area contributed by atoms with Crippen molar-refractivity contribution >= 4 is 22.8 Å². The van der Waals surface area contributed by atoms with Gasteiger partial charge in [0.05, 0.1) is 0 Å². The van der Waals surface area contributed by atoms with Crippen molar-refractivity contribution in [2.24, 2.45) is 5.73 Å². The van der Waals surface area contributed by atoms with E-state index in [2.05, 4.69) is 4.98 Å². The molecule has 0 aliphatic rings. The molecule has 1 atom stereocenters. The fraction of sp³-hybridized carbons (Fsp3) is 0.375. The van der Waals surface area contributed by atoms with Gasteiger partial charge in [0.25, 0.3) is 0 Å². The van der Waals surface area contributed by atoms with Gasteiger partial charge in [-0.25, -0.2) is 9.59 Å². The molecule has 1 unspecified atom stereocenters. The molecule has 118 valence electrons. The maximum Gasteiger partial charge on any atom is 0.338 e. The molecule has 6 nitrogen and oxygen atoms in total. The van der Waals surface area contributed by atoms with Crippen molar-refractivity contribution in [2.45, 2.75) is 38.3 Å². The molecular formula is C16H20N2O4. The molecular weight excluding hydrogens is 284 g/mol. The number of aliphatic carboxylic acids is 1. The molecule has 0 spiro atoms. The molecule has 0 saturated carbocycles. The number of benzene rings is 1. The molecule has 2 rings (SSSR count). The van der Waals surface area contributed by atoms with E-state index in [1.165, 1.54) is 0 Å². The van der Waals surface area contributed by atoms with E-state index in [0.29, 0.717) is 5.56 Å². The summed E-state index contributed by atoms with van der Waals surface area (Å²) in [6.07, 6.45) is 1.51. The minimum absolute atomic E-state index is 0.152. The van der Waals surface area contributed by atoms with Crippen LogP contribution >= 0.6 is 0 Å². The van der Waals surface area contributed by atoms with Crippen LogP contribution in [0.25, 0.3) is 10.9 Å². The number of esters is 1. The third-order valence-corrected chi connectivity index (χ3v) is 3.29. The second-order valence-corrected chi connectivity index (χ2v) is 6.31. The molecule has 1 aromatic carbocycles. The van der Waals surface area contributed by atoms with Crippen LogP contribution in [0.15, 0.2) is 30.5 Å². The zero-order valence-electron chi connectivity index (χ0n) is 12.8. The Labute approximate surface area is 128 Å². The van der Waals surface area contributed by atoms with Crippen molar-refractivity contribution in [3.05, 3.63) is 36.0 Å². The van der Waals surface area contributed by atoms with Gasteiger partial charge in [-0.15, -0.1) is 0 Å². The van der Waals surface area contributed by atoms with Gasteiger partial charge >= 0.3 is 11.9 Å². The van der Waals surface area contributed by atoms with E-state index < -0.39 is 23.1 Å². The molecule has 0 amide bonds. The molecule has 22 heavy (non-hydrogen) atoms. The van der Waals surface area contributed by atoms with E-state index in [1.807, 2.05) is 24.3 Å². The number of carbonyl (C=O) groups is 2. The summed E-state index contributed by atoms with van der Waals surface area (Å²) in [6.45, 7) is 5.00. The number of ether oxygens (including phenoxy) is 1. The Balaban J connectivity index is 2.36. The quantitative estimate of drug-likeness (QED) is 0.590. The molecule has 4 N–H and O–H groups in total. The third-order valence-electron chi connectivity index (χ3n) is 3.29. The van der Waals surface area contributed by atoms with E-state index in [1.54, 1.807) is 27.0 Å². The highest BCUT2D eigenvalue weighted by molar-refractivity contribution is 6.04. The normalized spacial score (nSPS) is 14.5. The van der Waals surface area contributed by atoms with Gasteiger partial charge in [-0.05, 0) is 32.4 Å². The highest BCUT2D eigenvalue weighted by Crippen LogP contribution is 2.24. The monoisotopic (exact) mass is 304 g/mol. The number of nitrogens with one attached hydrogen (secondary N) is 1. The number of para-hydroxylation sites is 1. The van der Waals surface area contributed by atoms with Gasteiger partial charge in [0.2, 0.25) is 5.54 Å². The second kappa shape index (κ2) is 5.46. The maximum absolute atomic E-state index is 12.2. The average molecular weight is 304 g/mol. The summed E-state index contributed by atoms with van der Waals surface area (Å²) in [5.41, 5.74) is 4.47. The number of aromatic nitrogens is 1. The zero-order chi connectivity index (χ0) is 16.5. The fourth-order valence-corrected chi connectivity index (χ4v) is 2.18. The lowest BCUT2D eigenvalue weighted by atomic mass is 9.91. The first kappa shape index (κ1) is 16.0. The molecule has 1 heterocycles. The average Bonchev–Trinajstić information content (AvgIpc) is 2.80. The number of carboxylic acids is 1. The number of fused-ring (bicyclic) bond motifs is 1. The van der Waals surface area contributed by atoms with Crippen LogP contribution in [-0.2, 0) is 20.7 Å². The van der Waals surface area contributed by atoms with Gasteiger partial charge in [0.1, 0.15) is 5.60 Å². The van der Waals surface area contributed by atoms with Gasteiger partial charge in [0.15, 0.2) is 0 Å². The molecule has 0 radical (unpaired) electrons. The summed E-state index contributed by atoms with van der Waals surface area (Å²) in [4.78, 5) is 26.9. The first-order valence-electron chi connectivity index (χ1n) is 6.94. The maximum atomic E-state index is 12.2. The Morgan fingerprint density at radius 2 is 1.91 bits per heavy atom. The number of rotatable bonds is 4. The molecule has 0 aliphatic heterocycles. The Morgan fingerprint density at radius 1 is 1.27 bits per heavy atom. The Kier molecular flexibility index (Phi) is 3.98. The number of hydrogen-bond acceptors (Lipinski definition) is 4. The van der Waals surface area contributed by atoms with Crippen LogP contribution in [-0.4, -0.2) is 33.2 Å². The van der Waals surface area contributed by atoms with E-state index in [4.69, 9.17) is 10.5 Å². The van der Waals surface area contributed by atoms with Crippen LogP contribution in [0.4, 0.5) is 0 Å². The lowest BCUT2D eigenvalue weighted by molar-refractivity contribution is -0.169. The predicted molar refractivity (Wildman–Crippen MR) is 82.4 cm³/mol. The van der Waals surface area contributed by atoms with E-state index in [-0.39, 0.29) is 6.42 Å². The summed E-state index contributed by atoms with van der Waals surface area (Å²) in [5, 5.41) is 10.3.